The molecule has 3 heterocycles. The predicted octanol–water partition coefficient (Wildman–Crippen LogP) is 13.7. The molecule has 3 heteroatoms. The quantitative estimate of drug-likeness (QED) is 0.194. The summed E-state index contributed by atoms with van der Waals surface area (Å²) < 4.78 is 2.46. The van der Waals surface area contributed by atoms with Crippen molar-refractivity contribution >= 4 is 50.9 Å². The van der Waals surface area contributed by atoms with Crippen molar-refractivity contribution in [2.24, 2.45) is 35.0 Å². The molecule has 5 aliphatic carbocycles. The van der Waals surface area contributed by atoms with Crippen molar-refractivity contribution in [3.8, 4) is 5.69 Å². The van der Waals surface area contributed by atoms with Gasteiger partial charge in [0.15, 0.2) is 0 Å². The van der Waals surface area contributed by atoms with Crippen molar-refractivity contribution in [3.63, 3.8) is 0 Å². The van der Waals surface area contributed by atoms with Crippen LogP contribution in [-0.4, -0.2) is 20.3 Å². The van der Waals surface area contributed by atoms with E-state index < -0.39 is 0 Å². The van der Waals surface area contributed by atoms with Gasteiger partial charge in [-0.2, -0.15) is 0 Å². The minimum absolute atomic E-state index is 0.122. The Kier molecular flexibility index (Phi) is 8.17. The van der Waals surface area contributed by atoms with Crippen LogP contribution in [0.2, 0.25) is 0 Å². The Bertz CT molecular complexity index is 2270. The highest BCUT2D eigenvalue weighted by Gasteiger charge is 2.64. The monoisotopic (exact) mass is 729 g/mol. The molecule has 53 heavy (non-hydrogen) atoms. The number of hydrogen-bond acceptors (Lipinski definition) is 2. The maximum Gasteiger partial charge on any atom is 0.0541 e. The van der Waals surface area contributed by atoms with Crippen molar-refractivity contribution in [1.82, 2.24) is 4.57 Å². The average molecular weight is 730 g/mol. The van der Waals surface area contributed by atoms with Gasteiger partial charge in [0.05, 0.1) is 11.0 Å². The molecule has 11 rings (SSSR count). The van der Waals surface area contributed by atoms with Crippen molar-refractivity contribution in [2.45, 2.75) is 86.9 Å². The average Bonchev–Trinajstić information content (AvgIpc) is 3.54. The first kappa shape index (κ1) is 33.0. The lowest BCUT2D eigenvalue weighted by molar-refractivity contribution is 0.0695. The summed E-state index contributed by atoms with van der Waals surface area (Å²) in [5.74, 6) is 3.13. The van der Waals surface area contributed by atoms with Gasteiger partial charge in [-0.25, -0.2) is 0 Å². The first-order valence-electron chi connectivity index (χ1n) is 20.8. The predicted molar refractivity (Wildman–Crippen MR) is 230 cm³/mol. The van der Waals surface area contributed by atoms with Gasteiger partial charge in [0.2, 0.25) is 0 Å². The van der Waals surface area contributed by atoms with Gasteiger partial charge < -0.3 is 4.57 Å². The molecule has 268 valence electrons. The zero-order chi connectivity index (χ0) is 35.1. The second-order valence-electron chi connectivity index (χ2n) is 17.1. The molecule has 0 bridgehead atoms. The van der Waals surface area contributed by atoms with Gasteiger partial charge in [0, 0.05) is 48.4 Å². The van der Waals surface area contributed by atoms with Gasteiger partial charge in [-0.3, -0.25) is 0 Å². The van der Waals surface area contributed by atoms with Crippen molar-refractivity contribution < 1.29 is 0 Å². The normalized spacial score (nSPS) is 33.7. The number of aromatic nitrogens is 1. The van der Waals surface area contributed by atoms with Gasteiger partial charge in [-0.15, -0.1) is 23.5 Å². The Morgan fingerprint density at radius 3 is 2.47 bits per heavy atom. The molecule has 2 saturated heterocycles. The molecule has 0 radical (unpaired) electrons. The smallest absolute Gasteiger partial charge is 0.0541 e. The molecule has 3 aromatic carbocycles. The second-order valence-corrected chi connectivity index (χ2v) is 19.8. The summed E-state index contributed by atoms with van der Waals surface area (Å²) in [4.78, 5) is 1.65. The Hall–Kier alpha value is -3.40. The van der Waals surface area contributed by atoms with Gasteiger partial charge in [0.1, 0.15) is 0 Å². The topological polar surface area (TPSA) is 4.93 Å². The van der Waals surface area contributed by atoms with E-state index >= 15 is 0 Å². The molecule has 3 fully saturated rings. The Morgan fingerprint density at radius 1 is 0.736 bits per heavy atom. The minimum atomic E-state index is 0.122. The van der Waals surface area contributed by atoms with E-state index in [1.807, 2.05) is 0 Å². The molecule has 7 aliphatic rings. The lowest BCUT2D eigenvalue weighted by atomic mass is 9.48. The third-order valence-corrected chi connectivity index (χ3v) is 17.4. The van der Waals surface area contributed by atoms with Crippen LogP contribution < -0.4 is 0 Å². The van der Waals surface area contributed by atoms with Crippen LogP contribution in [0.4, 0.5) is 0 Å². The molecule has 1 nitrogen and oxygen atoms in total. The highest BCUT2D eigenvalue weighted by Crippen LogP contribution is 2.71. The van der Waals surface area contributed by atoms with Gasteiger partial charge in [0.25, 0.3) is 0 Å². The lowest BCUT2D eigenvalue weighted by Crippen LogP contribution is -2.60. The molecule has 1 saturated carbocycles. The van der Waals surface area contributed by atoms with E-state index in [1.165, 1.54) is 97.3 Å². The SMILES string of the molecule is CC1C=CC2C(C1)SC1=CCCC=C1C21C2C=C(C3CCCCC3)C=CC2SC2C(c3ccc4c(c3)c3ccccc3n4-c3ccccc3)=CCCC21. The minimum Gasteiger partial charge on any atom is -0.309 e. The third-order valence-electron chi connectivity index (χ3n) is 14.3. The van der Waals surface area contributed by atoms with E-state index in [0.717, 1.165) is 5.92 Å². The highest BCUT2D eigenvalue weighted by molar-refractivity contribution is 8.04. The second kappa shape index (κ2) is 13.1. The van der Waals surface area contributed by atoms with Crippen LogP contribution in [-0.2, 0) is 0 Å². The largest absolute Gasteiger partial charge is 0.309 e. The van der Waals surface area contributed by atoms with Gasteiger partial charge >= 0.3 is 0 Å². The summed E-state index contributed by atoms with van der Waals surface area (Å²) in [6.45, 7) is 2.46. The number of benzene rings is 3. The van der Waals surface area contributed by atoms with Crippen LogP contribution in [0, 0.1) is 35.0 Å². The third kappa shape index (κ3) is 5.12. The summed E-state index contributed by atoms with van der Waals surface area (Å²) >= 11 is 4.58. The Morgan fingerprint density at radius 2 is 1.57 bits per heavy atom. The first-order valence-corrected chi connectivity index (χ1v) is 22.6. The summed E-state index contributed by atoms with van der Waals surface area (Å²) in [5.41, 5.74) is 10.4. The molecule has 0 N–H and O–H groups in total. The van der Waals surface area contributed by atoms with Crippen LogP contribution in [0.3, 0.4) is 0 Å². The van der Waals surface area contributed by atoms with Crippen LogP contribution in [0.5, 0.6) is 0 Å². The van der Waals surface area contributed by atoms with E-state index in [9.17, 15) is 0 Å². The van der Waals surface area contributed by atoms with Crippen LogP contribution in [0.15, 0.2) is 137 Å². The molecule has 1 aromatic heterocycles. The number of hydrogen-bond donors (Lipinski definition) is 0. The van der Waals surface area contributed by atoms with Gasteiger partial charge in [-0.05, 0) is 121 Å². The molecular weight excluding hydrogens is 679 g/mol. The van der Waals surface area contributed by atoms with Gasteiger partial charge in [-0.1, -0.05) is 117 Å². The summed E-state index contributed by atoms with van der Waals surface area (Å²) in [6.07, 6.45) is 34.8. The van der Waals surface area contributed by atoms with Crippen molar-refractivity contribution in [3.05, 3.63) is 143 Å². The van der Waals surface area contributed by atoms with E-state index in [2.05, 4.69) is 156 Å². The molecule has 4 aromatic rings. The number of rotatable bonds is 3. The number of nitrogens with zero attached hydrogens (tertiary/aromatic N) is 1. The summed E-state index contributed by atoms with van der Waals surface area (Å²) in [5, 5.41) is 4.34. The highest BCUT2D eigenvalue weighted by atomic mass is 32.2. The summed E-state index contributed by atoms with van der Waals surface area (Å²) in [6, 6.07) is 27.4. The lowest BCUT2D eigenvalue weighted by Gasteiger charge is -2.64. The first-order chi connectivity index (χ1) is 26.2. The maximum absolute atomic E-state index is 2.90. The Balaban J connectivity index is 1.08. The fraction of sp³-hybridized carbons (Fsp3) is 0.400. The van der Waals surface area contributed by atoms with E-state index in [0.29, 0.717) is 39.4 Å². The van der Waals surface area contributed by atoms with E-state index in [1.54, 1.807) is 21.6 Å². The number of thioether (sulfide) groups is 2. The zero-order valence-corrected chi connectivity index (χ0v) is 32.6. The number of allylic oxidation sites excluding steroid dienone is 9. The standard InChI is InChI=1S/C50H51NS2/c1-32-23-26-41-48(29-32)52-46-22-11-9-19-40(46)50(41)42-20-12-18-37(49(42)53-47-28-25-34(31-43(47)50)33-13-4-2-5-14-33)35-24-27-45-39(30-35)38-17-8-10-21-44(38)51(45)36-15-6-3-7-16-36/h3,6-8,10,15-19,21-28,30-33,41-43,47-49H,2,4-5,9,11-14,20,29H2,1H3. The number of fused-ring (bicyclic) bond motifs is 11. The maximum atomic E-state index is 2.90. The Labute approximate surface area is 324 Å². The molecular formula is C50H51NS2. The van der Waals surface area contributed by atoms with Crippen LogP contribution >= 0.6 is 23.5 Å². The molecule has 1 spiro atoms. The fourth-order valence-electron chi connectivity index (χ4n) is 12.2. The molecule has 0 amide bonds. The zero-order valence-electron chi connectivity index (χ0n) is 31.0. The number of para-hydroxylation sites is 2. The molecule has 8 unspecified atom stereocenters. The summed E-state index contributed by atoms with van der Waals surface area (Å²) in [7, 11) is 0. The van der Waals surface area contributed by atoms with Crippen molar-refractivity contribution in [2.75, 3.05) is 0 Å². The van der Waals surface area contributed by atoms with Crippen LogP contribution in [0.1, 0.15) is 76.7 Å². The fourth-order valence-corrected chi connectivity index (χ4v) is 15.9. The van der Waals surface area contributed by atoms with E-state index in [-0.39, 0.29) is 5.41 Å². The van der Waals surface area contributed by atoms with E-state index in [4.69, 9.17) is 0 Å². The molecule has 2 aliphatic heterocycles. The van der Waals surface area contributed by atoms with Crippen LogP contribution in [0.25, 0.3) is 33.1 Å². The molecule has 8 atom stereocenters. The van der Waals surface area contributed by atoms with Crippen molar-refractivity contribution in [1.29, 1.82) is 0 Å².